The molecule has 1 rings (SSSR count). The lowest BCUT2D eigenvalue weighted by atomic mass is 10.2. The summed E-state index contributed by atoms with van der Waals surface area (Å²) >= 11 is 0. The van der Waals surface area contributed by atoms with E-state index in [1.165, 1.54) is 6.08 Å². The van der Waals surface area contributed by atoms with Gasteiger partial charge in [0.2, 0.25) is 0 Å². The van der Waals surface area contributed by atoms with Crippen LogP contribution in [0.3, 0.4) is 0 Å². The van der Waals surface area contributed by atoms with Gasteiger partial charge in [-0.1, -0.05) is 5.57 Å². The second-order valence-corrected chi connectivity index (χ2v) is 4.86. The smallest absolute Gasteiger partial charge is 0.269 e. The minimum absolute atomic E-state index is 0.0815. The van der Waals surface area contributed by atoms with Gasteiger partial charge in [-0.25, -0.2) is 0 Å². The molecule has 0 atom stereocenters. The number of hydrogen-bond acceptors (Lipinski definition) is 3. The van der Waals surface area contributed by atoms with Crippen LogP contribution < -0.4 is 15.6 Å². The zero-order chi connectivity index (χ0) is 15.1. The molecule has 1 aromatic carbocycles. The third-order valence-corrected chi connectivity index (χ3v) is 2.21. The Kier molecular flexibility index (Phi) is 5.77. The largest absolute Gasteiger partial charge is 0.491 e. The van der Waals surface area contributed by atoms with E-state index in [-0.39, 0.29) is 17.9 Å². The SMILES string of the molecule is CC(C)=CC(=O)NNC(=O)c1ccc(OC(C)C)cc1. The maximum atomic E-state index is 11.8. The third-order valence-electron chi connectivity index (χ3n) is 2.21. The summed E-state index contributed by atoms with van der Waals surface area (Å²) in [6, 6.07) is 6.71. The van der Waals surface area contributed by atoms with Crippen molar-refractivity contribution in [1.82, 2.24) is 10.9 Å². The lowest BCUT2D eigenvalue weighted by molar-refractivity contribution is -0.117. The van der Waals surface area contributed by atoms with Crippen molar-refractivity contribution < 1.29 is 14.3 Å². The molecule has 0 heterocycles. The Morgan fingerprint density at radius 3 is 2.20 bits per heavy atom. The van der Waals surface area contributed by atoms with Gasteiger partial charge in [0.1, 0.15) is 5.75 Å². The van der Waals surface area contributed by atoms with Gasteiger partial charge in [-0.15, -0.1) is 0 Å². The standard InChI is InChI=1S/C15H20N2O3/c1-10(2)9-14(18)16-17-15(19)12-5-7-13(8-6-12)20-11(3)4/h5-9,11H,1-4H3,(H,16,18)(H,17,19). The molecular formula is C15H20N2O3. The Bertz CT molecular complexity index is 500. The van der Waals surface area contributed by atoms with Gasteiger partial charge in [0.05, 0.1) is 6.10 Å². The molecule has 0 spiro atoms. The minimum Gasteiger partial charge on any atom is -0.491 e. The van der Waals surface area contributed by atoms with Crippen LogP contribution in [-0.2, 0) is 4.79 Å². The first-order valence-electron chi connectivity index (χ1n) is 6.40. The van der Waals surface area contributed by atoms with Crippen molar-refractivity contribution in [2.45, 2.75) is 33.8 Å². The zero-order valence-corrected chi connectivity index (χ0v) is 12.2. The van der Waals surface area contributed by atoms with Gasteiger partial charge in [-0.2, -0.15) is 0 Å². The maximum Gasteiger partial charge on any atom is 0.269 e. The number of ether oxygens (including phenoxy) is 1. The quantitative estimate of drug-likeness (QED) is 0.654. The van der Waals surface area contributed by atoms with Crippen LogP contribution >= 0.6 is 0 Å². The molecule has 0 aliphatic carbocycles. The van der Waals surface area contributed by atoms with E-state index < -0.39 is 0 Å². The number of hydrazine groups is 1. The van der Waals surface area contributed by atoms with E-state index in [1.807, 2.05) is 13.8 Å². The van der Waals surface area contributed by atoms with E-state index in [4.69, 9.17) is 4.74 Å². The fraction of sp³-hybridized carbons (Fsp3) is 0.333. The van der Waals surface area contributed by atoms with Crippen molar-refractivity contribution >= 4 is 11.8 Å². The van der Waals surface area contributed by atoms with Crippen LogP contribution in [0, 0.1) is 0 Å². The zero-order valence-electron chi connectivity index (χ0n) is 12.2. The van der Waals surface area contributed by atoms with Crippen LogP contribution in [0.25, 0.3) is 0 Å². The van der Waals surface area contributed by atoms with Crippen molar-refractivity contribution in [2.75, 3.05) is 0 Å². The van der Waals surface area contributed by atoms with E-state index in [2.05, 4.69) is 10.9 Å². The average Bonchev–Trinajstić information content (AvgIpc) is 2.35. The Hall–Kier alpha value is -2.30. The average molecular weight is 276 g/mol. The summed E-state index contributed by atoms with van der Waals surface area (Å²) in [7, 11) is 0. The Morgan fingerprint density at radius 2 is 1.70 bits per heavy atom. The number of hydrogen-bond donors (Lipinski definition) is 2. The van der Waals surface area contributed by atoms with Crippen LogP contribution in [-0.4, -0.2) is 17.9 Å². The molecule has 0 aliphatic rings. The predicted octanol–water partition coefficient (Wildman–Crippen LogP) is 2.20. The van der Waals surface area contributed by atoms with Gasteiger partial charge in [-0.05, 0) is 52.0 Å². The monoisotopic (exact) mass is 276 g/mol. The number of nitrogens with one attached hydrogen (secondary N) is 2. The predicted molar refractivity (Wildman–Crippen MR) is 77.2 cm³/mol. The number of carbonyl (C=O) groups is 2. The van der Waals surface area contributed by atoms with Crippen LogP contribution in [0.2, 0.25) is 0 Å². The van der Waals surface area contributed by atoms with Crippen molar-refractivity contribution in [3.63, 3.8) is 0 Å². The van der Waals surface area contributed by atoms with Gasteiger partial charge in [0.25, 0.3) is 11.8 Å². The summed E-state index contributed by atoms with van der Waals surface area (Å²) in [6.45, 7) is 7.46. The van der Waals surface area contributed by atoms with E-state index in [0.717, 1.165) is 5.57 Å². The topological polar surface area (TPSA) is 67.4 Å². The summed E-state index contributed by atoms with van der Waals surface area (Å²) in [5.41, 5.74) is 5.95. The van der Waals surface area contributed by atoms with Gasteiger partial charge in [0.15, 0.2) is 0 Å². The number of amides is 2. The molecule has 0 saturated heterocycles. The number of carbonyl (C=O) groups excluding carboxylic acids is 2. The molecule has 0 aromatic heterocycles. The number of allylic oxidation sites excluding steroid dienone is 1. The van der Waals surface area contributed by atoms with E-state index in [9.17, 15) is 9.59 Å². The molecule has 2 amide bonds. The molecule has 2 N–H and O–H groups in total. The molecule has 0 unspecified atom stereocenters. The van der Waals surface area contributed by atoms with Crippen LogP contribution in [0.1, 0.15) is 38.1 Å². The van der Waals surface area contributed by atoms with Crippen molar-refractivity contribution in [3.8, 4) is 5.75 Å². The molecule has 0 aliphatic heterocycles. The lowest BCUT2D eigenvalue weighted by Crippen LogP contribution is -2.40. The van der Waals surface area contributed by atoms with E-state index in [0.29, 0.717) is 11.3 Å². The normalized spacial score (nSPS) is 9.85. The minimum atomic E-state index is -0.378. The molecule has 0 saturated carbocycles. The highest BCUT2D eigenvalue weighted by Crippen LogP contribution is 2.13. The Labute approximate surface area is 119 Å². The second kappa shape index (κ2) is 7.33. The van der Waals surface area contributed by atoms with Crippen LogP contribution in [0.15, 0.2) is 35.9 Å². The molecule has 5 heteroatoms. The fourth-order valence-corrected chi connectivity index (χ4v) is 1.45. The summed E-state index contributed by atoms with van der Waals surface area (Å²) in [5.74, 6) is -0.0418. The van der Waals surface area contributed by atoms with Gasteiger partial charge in [0, 0.05) is 11.6 Å². The Balaban J connectivity index is 2.56. The molecule has 1 aromatic rings. The highest BCUT2D eigenvalue weighted by molar-refractivity contribution is 5.97. The van der Waals surface area contributed by atoms with Crippen molar-refractivity contribution in [2.24, 2.45) is 0 Å². The first-order valence-corrected chi connectivity index (χ1v) is 6.40. The van der Waals surface area contributed by atoms with Crippen LogP contribution in [0.5, 0.6) is 5.75 Å². The summed E-state index contributed by atoms with van der Waals surface area (Å²) in [6.07, 6.45) is 1.48. The van der Waals surface area contributed by atoms with Crippen molar-refractivity contribution in [3.05, 3.63) is 41.5 Å². The van der Waals surface area contributed by atoms with Gasteiger partial charge < -0.3 is 4.74 Å². The molecule has 0 radical (unpaired) electrons. The Morgan fingerprint density at radius 1 is 1.10 bits per heavy atom. The van der Waals surface area contributed by atoms with E-state index >= 15 is 0 Å². The highest BCUT2D eigenvalue weighted by atomic mass is 16.5. The molecule has 0 bridgehead atoms. The number of benzene rings is 1. The molecule has 20 heavy (non-hydrogen) atoms. The lowest BCUT2D eigenvalue weighted by Gasteiger charge is -2.10. The maximum absolute atomic E-state index is 11.8. The first kappa shape index (κ1) is 15.8. The fourth-order valence-electron chi connectivity index (χ4n) is 1.45. The summed E-state index contributed by atoms with van der Waals surface area (Å²) in [4.78, 5) is 23.1. The van der Waals surface area contributed by atoms with Gasteiger partial charge >= 0.3 is 0 Å². The van der Waals surface area contributed by atoms with Gasteiger partial charge in [-0.3, -0.25) is 20.4 Å². The molecular weight excluding hydrogens is 256 g/mol. The summed E-state index contributed by atoms with van der Waals surface area (Å²) < 4.78 is 5.48. The first-order chi connectivity index (χ1) is 9.38. The molecule has 5 nitrogen and oxygen atoms in total. The third kappa shape index (κ3) is 5.56. The van der Waals surface area contributed by atoms with E-state index in [1.54, 1.807) is 38.1 Å². The summed E-state index contributed by atoms with van der Waals surface area (Å²) in [5, 5.41) is 0. The molecule has 0 fully saturated rings. The van der Waals surface area contributed by atoms with Crippen LogP contribution in [0.4, 0.5) is 0 Å². The number of rotatable bonds is 4. The molecule has 108 valence electrons. The van der Waals surface area contributed by atoms with Crippen molar-refractivity contribution in [1.29, 1.82) is 0 Å². The highest BCUT2D eigenvalue weighted by Gasteiger charge is 2.06. The second-order valence-electron chi connectivity index (χ2n) is 4.86.